The van der Waals surface area contributed by atoms with Gasteiger partial charge in [0.2, 0.25) is 0 Å². The maximum absolute atomic E-state index is 11.8. The molecule has 1 amide bonds. The maximum Gasteiger partial charge on any atom is 0.251 e. The van der Waals surface area contributed by atoms with Gasteiger partial charge < -0.3 is 11.1 Å². The molecule has 16 heavy (non-hydrogen) atoms. The lowest BCUT2D eigenvalue weighted by molar-refractivity contribution is 0.0946. The number of benzene rings is 1. The summed E-state index contributed by atoms with van der Waals surface area (Å²) in [6.07, 6.45) is 0.701. The third-order valence-electron chi connectivity index (χ3n) is 2.37. The molecular weight excluding hydrogens is 220 g/mol. The Labute approximate surface area is 101 Å². The molecule has 0 aromatic heterocycles. The molecule has 1 aromatic rings. The monoisotopic (exact) mass is 236 g/mol. The minimum atomic E-state index is -0.233. The van der Waals surface area contributed by atoms with Gasteiger partial charge in [-0.25, -0.2) is 0 Å². The molecule has 0 saturated carbocycles. The highest BCUT2D eigenvalue weighted by Gasteiger charge is 2.13. The standard InChI is InChI=1S/C12H16N2OS/c1-3-10(11(13)16)14-12(15)9-6-4-8(2)5-7-9/h4-7,10H,3H2,1-2H3,(H2,13,16)(H,14,15). The van der Waals surface area contributed by atoms with Gasteiger partial charge in [-0.05, 0) is 25.5 Å². The summed E-state index contributed by atoms with van der Waals surface area (Å²) in [4.78, 5) is 12.1. The summed E-state index contributed by atoms with van der Waals surface area (Å²) in [6, 6.07) is 7.14. The molecule has 4 heteroatoms. The molecule has 3 nitrogen and oxygen atoms in total. The van der Waals surface area contributed by atoms with Crippen LogP contribution in [-0.4, -0.2) is 16.9 Å². The predicted molar refractivity (Wildman–Crippen MR) is 69.5 cm³/mol. The molecule has 86 valence electrons. The van der Waals surface area contributed by atoms with E-state index < -0.39 is 0 Å². The summed E-state index contributed by atoms with van der Waals surface area (Å²) in [6.45, 7) is 3.91. The van der Waals surface area contributed by atoms with Crippen LogP contribution in [0.15, 0.2) is 24.3 Å². The van der Waals surface area contributed by atoms with Gasteiger partial charge in [-0.3, -0.25) is 4.79 Å². The molecule has 1 aromatic carbocycles. The van der Waals surface area contributed by atoms with Crippen molar-refractivity contribution in [3.8, 4) is 0 Å². The Morgan fingerprint density at radius 3 is 2.44 bits per heavy atom. The van der Waals surface area contributed by atoms with Crippen LogP contribution < -0.4 is 11.1 Å². The molecule has 0 aliphatic carbocycles. The van der Waals surface area contributed by atoms with Crippen molar-refractivity contribution >= 4 is 23.1 Å². The van der Waals surface area contributed by atoms with E-state index in [1.54, 1.807) is 12.1 Å². The molecule has 0 aliphatic rings. The first-order valence-electron chi connectivity index (χ1n) is 5.21. The third-order valence-corrected chi connectivity index (χ3v) is 2.66. The van der Waals surface area contributed by atoms with Crippen LogP contribution in [0.3, 0.4) is 0 Å². The average Bonchev–Trinajstić information content (AvgIpc) is 2.26. The van der Waals surface area contributed by atoms with Gasteiger partial charge in [-0.2, -0.15) is 0 Å². The molecular formula is C12H16N2OS. The quantitative estimate of drug-likeness (QED) is 0.784. The number of thiocarbonyl (C=S) groups is 1. The van der Waals surface area contributed by atoms with Crippen molar-refractivity contribution in [2.45, 2.75) is 26.3 Å². The Hall–Kier alpha value is -1.42. The smallest absolute Gasteiger partial charge is 0.251 e. The van der Waals surface area contributed by atoms with Crippen LogP contribution in [0.5, 0.6) is 0 Å². The van der Waals surface area contributed by atoms with Crippen LogP contribution in [-0.2, 0) is 0 Å². The molecule has 0 aliphatic heterocycles. The fraction of sp³-hybridized carbons (Fsp3) is 0.333. The molecule has 1 rings (SSSR count). The zero-order valence-electron chi connectivity index (χ0n) is 9.49. The first kappa shape index (κ1) is 12.6. The number of nitrogens with two attached hydrogens (primary N) is 1. The Morgan fingerprint density at radius 2 is 2.00 bits per heavy atom. The normalized spacial score (nSPS) is 11.9. The number of hydrogen-bond acceptors (Lipinski definition) is 2. The fourth-order valence-electron chi connectivity index (χ4n) is 1.32. The van der Waals surface area contributed by atoms with Crippen LogP contribution in [0.25, 0.3) is 0 Å². The van der Waals surface area contributed by atoms with Crippen molar-refractivity contribution in [3.63, 3.8) is 0 Å². The lowest BCUT2D eigenvalue weighted by Gasteiger charge is -2.15. The van der Waals surface area contributed by atoms with E-state index in [-0.39, 0.29) is 11.9 Å². The molecule has 1 atom stereocenters. The summed E-state index contributed by atoms with van der Waals surface area (Å²) < 4.78 is 0. The van der Waals surface area contributed by atoms with E-state index in [9.17, 15) is 4.79 Å². The minimum Gasteiger partial charge on any atom is -0.392 e. The Kier molecular flexibility index (Phi) is 4.43. The topological polar surface area (TPSA) is 55.1 Å². The Balaban J connectivity index is 2.71. The van der Waals surface area contributed by atoms with Crippen LogP contribution in [0.1, 0.15) is 29.3 Å². The summed E-state index contributed by atoms with van der Waals surface area (Å²) in [5.41, 5.74) is 7.26. The largest absolute Gasteiger partial charge is 0.392 e. The number of aryl methyl sites for hydroxylation is 1. The van der Waals surface area contributed by atoms with E-state index in [4.69, 9.17) is 18.0 Å². The van der Waals surface area contributed by atoms with Gasteiger partial charge in [-0.15, -0.1) is 0 Å². The molecule has 0 fully saturated rings. The lowest BCUT2D eigenvalue weighted by Crippen LogP contribution is -2.42. The highest BCUT2D eigenvalue weighted by atomic mass is 32.1. The van der Waals surface area contributed by atoms with Crippen LogP contribution in [0.2, 0.25) is 0 Å². The van der Waals surface area contributed by atoms with Gasteiger partial charge in [0, 0.05) is 5.56 Å². The van der Waals surface area contributed by atoms with E-state index >= 15 is 0 Å². The summed E-state index contributed by atoms with van der Waals surface area (Å²) in [5.74, 6) is -0.139. The zero-order chi connectivity index (χ0) is 12.1. The minimum absolute atomic E-state index is 0.139. The van der Waals surface area contributed by atoms with Crippen LogP contribution >= 0.6 is 12.2 Å². The van der Waals surface area contributed by atoms with Gasteiger partial charge in [0.05, 0.1) is 11.0 Å². The SMILES string of the molecule is CCC(NC(=O)c1ccc(C)cc1)C(N)=S. The van der Waals surface area contributed by atoms with Gasteiger partial charge in [-0.1, -0.05) is 36.8 Å². The lowest BCUT2D eigenvalue weighted by atomic mass is 10.1. The first-order chi connectivity index (χ1) is 7.54. The predicted octanol–water partition coefficient (Wildman–Crippen LogP) is 1.79. The van der Waals surface area contributed by atoms with E-state index in [0.29, 0.717) is 17.0 Å². The molecule has 3 N–H and O–H groups in total. The molecule has 0 heterocycles. The van der Waals surface area contributed by atoms with Crippen molar-refractivity contribution < 1.29 is 4.79 Å². The summed E-state index contributed by atoms with van der Waals surface area (Å²) in [5, 5.41) is 2.80. The average molecular weight is 236 g/mol. The summed E-state index contributed by atoms with van der Waals surface area (Å²) >= 11 is 4.87. The number of hydrogen-bond donors (Lipinski definition) is 2. The van der Waals surface area contributed by atoms with E-state index in [2.05, 4.69) is 5.32 Å². The molecule has 1 unspecified atom stereocenters. The number of carbonyl (C=O) groups excluding carboxylic acids is 1. The van der Waals surface area contributed by atoms with Crippen LogP contribution in [0, 0.1) is 6.92 Å². The third kappa shape index (κ3) is 3.31. The second kappa shape index (κ2) is 5.61. The first-order valence-corrected chi connectivity index (χ1v) is 5.62. The Bertz CT molecular complexity index is 387. The van der Waals surface area contributed by atoms with E-state index in [1.165, 1.54) is 0 Å². The summed E-state index contributed by atoms with van der Waals surface area (Å²) in [7, 11) is 0. The molecule has 0 radical (unpaired) electrons. The van der Waals surface area contributed by atoms with Crippen molar-refractivity contribution in [2.75, 3.05) is 0 Å². The number of carbonyl (C=O) groups is 1. The van der Waals surface area contributed by atoms with Crippen molar-refractivity contribution in [1.29, 1.82) is 0 Å². The van der Waals surface area contributed by atoms with E-state index in [1.807, 2.05) is 26.0 Å². The maximum atomic E-state index is 11.8. The highest BCUT2D eigenvalue weighted by molar-refractivity contribution is 7.80. The Morgan fingerprint density at radius 1 is 1.44 bits per heavy atom. The number of amides is 1. The van der Waals surface area contributed by atoms with Crippen molar-refractivity contribution in [3.05, 3.63) is 35.4 Å². The fourth-order valence-corrected chi connectivity index (χ4v) is 1.55. The van der Waals surface area contributed by atoms with Gasteiger partial charge in [0.1, 0.15) is 0 Å². The highest BCUT2D eigenvalue weighted by Crippen LogP contribution is 2.04. The number of rotatable bonds is 4. The second-order valence-electron chi connectivity index (χ2n) is 3.70. The number of nitrogens with one attached hydrogen (secondary N) is 1. The van der Waals surface area contributed by atoms with Gasteiger partial charge in [0.25, 0.3) is 5.91 Å². The zero-order valence-corrected chi connectivity index (χ0v) is 10.3. The van der Waals surface area contributed by atoms with Crippen LogP contribution in [0.4, 0.5) is 0 Å². The molecule has 0 saturated heterocycles. The second-order valence-corrected chi connectivity index (χ2v) is 4.17. The van der Waals surface area contributed by atoms with Gasteiger partial charge in [0.15, 0.2) is 0 Å². The van der Waals surface area contributed by atoms with Gasteiger partial charge >= 0.3 is 0 Å². The van der Waals surface area contributed by atoms with Crippen molar-refractivity contribution in [1.82, 2.24) is 5.32 Å². The van der Waals surface area contributed by atoms with E-state index in [0.717, 1.165) is 5.56 Å². The van der Waals surface area contributed by atoms with Crippen molar-refractivity contribution in [2.24, 2.45) is 5.73 Å². The molecule has 0 spiro atoms. The molecule has 0 bridgehead atoms.